The number of hydrogen-bond acceptors (Lipinski definition) is 2. The first-order chi connectivity index (χ1) is 8.96. The average Bonchev–Trinajstić information content (AvgIpc) is 2.88. The number of nitrogens with zero attached hydrogens (tertiary/aromatic N) is 3. The zero-order chi connectivity index (χ0) is 13.9. The van der Waals surface area contributed by atoms with Crippen LogP contribution in [0.4, 0.5) is 13.2 Å². The van der Waals surface area contributed by atoms with Crippen molar-refractivity contribution in [1.82, 2.24) is 19.7 Å². The fourth-order valence-electron chi connectivity index (χ4n) is 1.82. The van der Waals surface area contributed by atoms with Crippen molar-refractivity contribution in [2.45, 2.75) is 25.8 Å². The average molecular weight is 309 g/mol. The molecular formula is C12H16ClF3N4. The Labute approximate surface area is 121 Å². The normalized spacial score (nSPS) is 11.4. The van der Waals surface area contributed by atoms with Crippen LogP contribution in [0.1, 0.15) is 11.4 Å². The van der Waals surface area contributed by atoms with E-state index in [0.29, 0.717) is 18.8 Å². The van der Waals surface area contributed by atoms with E-state index in [1.54, 1.807) is 6.07 Å². The lowest BCUT2D eigenvalue weighted by molar-refractivity contribution is -0.143. The van der Waals surface area contributed by atoms with Gasteiger partial charge in [-0.25, -0.2) is 0 Å². The molecule has 2 heterocycles. The maximum Gasteiger partial charge on any atom is 0.408 e. The molecule has 0 radical (unpaired) electrons. The van der Waals surface area contributed by atoms with E-state index < -0.39 is 12.7 Å². The highest BCUT2D eigenvalue weighted by atomic mass is 35.5. The molecule has 2 rings (SSSR count). The van der Waals surface area contributed by atoms with Crippen molar-refractivity contribution in [1.29, 1.82) is 0 Å². The third-order valence-corrected chi connectivity index (χ3v) is 2.80. The van der Waals surface area contributed by atoms with Crippen molar-refractivity contribution >= 4 is 12.4 Å². The van der Waals surface area contributed by atoms with Gasteiger partial charge in [-0.1, -0.05) is 0 Å². The summed E-state index contributed by atoms with van der Waals surface area (Å²) in [7, 11) is 1.92. The molecule has 0 bridgehead atoms. The van der Waals surface area contributed by atoms with Gasteiger partial charge in [-0.3, -0.25) is 4.68 Å². The molecule has 0 saturated carbocycles. The fraction of sp³-hybridized carbons (Fsp3) is 0.417. The van der Waals surface area contributed by atoms with Gasteiger partial charge in [0.2, 0.25) is 0 Å². The Balaban J connectivity index is 0.00000200. The van der Waals surface area contributed by atoms with Gasteiger partial charge in [0, 0.05) is 38.2 Å². The number of alkyl halides is 3. The lowest BCUT2D eigenvalue weighted by Crippen LogP contribution is -2.23. The van der Waals surface area contributed by atoms with Gasteiger partial charge >= 0.3 is 6.18 Å². The molecule has 0 aliphatic rings. The minimum atomic E-state index is -4.25. The van der Waals surface area contributed by atoms with E-state index >= 15 is 0 Å². The molecule has 0 amide bonds. The quantitative estimate of drug-likeness (QED) is 0.921. The predicted octanol–water partition coefficient (Wildman–Crippen LogP) is 2.50. The summed E-state index contributed by atoms with van der Waals surface area (Å²) in [5.41, 5.74) is 1.59. The zero-order valence-corrected chi connectivity index (χ0v) is 11.7. The highest BCUT2D eigenvalue weighted by molar-refractivity contribution is 5.85. The van der Waals surface area contributed by atoms with Crippen molar-refractivity contribution < 1.29 is 13.2 Å². The molecule has 0 saturated heterocycles. The molecule has 1 N–H and O–H groups in total. The van der Waals surface area contributed by atoms with Gasteiger partial charge in [0.1, 0.15) is 6.54 Å². The van der Waals surface area contributed by atoms with E-state index in [9.17, 15) is 13.2 Å². The summed E-state index contributed by atoms with van der Waals surface area (Å²) in [5, 5.41) is 6.79. The van der Waals surface area contributed by atoms with Crippen molar-refractivity contribution in [3.63, 3.8) is 0 Å². The van der Waals surface area contributed by atoms with Crippen LogP contribution >= 0.6 is 12.4 Å². The number of halogens is 4. The summed E-state index contributed by atoms with van der Waals surface area (Å²) in [6, 6.07) is 5.47. The Morgan fingerprint density at radius 3 is 2.50 bits per heavy atom. The second kappa shape index (κ2) is 6.81. The lowest BCUT2D eigenvalue weighted by Gasteiger charge is -2.11. The number of nitrogens with one attached hydrogen (secondary N) is 1. The van der Waals surface area contributed by atoms with Crippen LogP contribution < -0.4 is 5.32 Å². The summed E-state index contributed by atoms with van der Waals surface area (Å²) in [4.78, 5) is 0. The third kappa shape index (κ3) is 4.57. The first-order valence-corrected chi connectivity index (χ1v) is 5.84. The topological polar surface area (TPSA) is 34.8 Å². The van der Waals surface area contributed by atoms with Gasteiger partial charge < -0.3 is 9.88 Å². The fourth-order valence-corrected chi connectivity index (χ4v) is 1.82. The minimum absolute atomic E-state index is 0. The van der Waals surface area contributed by atoms with Crippen LogP contribution in [0.15, 0.2) is 30.6 Å². The Hall–Kier alpha value is -1.47. The van der Waals surface area contributed by atoms with Crippen molar-refractivity contribution in [3.8, 4) is 0 Å². The standard InChI is InChI=1S/C12H15F3N4.ClH/c1-18-6-2-3-10(18)7-16-8-11-4-5-17-19(11)9-12(13,14)15;/h2-6,16H,7-9H2,1H3;1H. The van der Waals surface area contributed by atoms with Crippen molar-refractivity contribution in [3.05, 3.63) is 42.0 Å². The summed E-state index contributed by atoms with van der Waals surface area (Å²) in [5.74, 6) is 0. The number of aromatic nitrogens is 3. The van der Waals surface area contributed by atoms with Gasteiger partial charge in [0.05, 0.1) is 5.69 Å². The lowest BCUT2D eigenvalue weighted by atomic mass is 10.3. The molecule has 8 heteroatoms. The van der Waals surface area contributed by atoms with Crippen LogP contribution in [0.25, 0.3) is 0 Å². The van der Waals surface area contributed by atoms with Crippen molar-refractivity contribution in [2.75, 3.05) is 0 Å². The summed E-state index contributed by atoms with van der Waals surface area (Å²) in [6.45, 7) is -0.108. The van der Waals surface area contributed by atoms with Gasteiger partial charge in [-0.15, -0.1) is 12.4 Å². The molecule has 0 unspecified atom stereocenters. The molecular weight excluding hydrogens is 293 g/mol. The molecule has 0 atom stereocenters. The Kier molecular flexibility index (Phi) is 5.64. The predicted molar refractivity (Wildman–Crippen MR) is 71.5 cm³/mol. The molecule has 2 aromatic rings. The highest BCUT2D eigenvalue weighted by Crippen LogP contribution is 2.17. The first-order valence-electron chi connectivity index (χ1n) is 5.84. The van der Waals surface area contributed by atoms with Crippen LogP contribution in [0, 0.1) is 0 Å². The van der Waals surface area contributed by atoms with Gasteiger partial charge in [0.15, 0.2) is 0 Å². The maximum absolute atomic E-state index is 12.3. The van der Waals surface area contributed by atoms with Crippen LogP contribution in [0.2, 0.25) is 0 Å². The maximum atomic E-state index is 12.3. The van der Waals surface area contributed by atoms with E-state index in [1.165, 1.54) is 6.20 Å². The van der Waals surface area contributed by atoms with E-state index in [1.807, 2.05) is 29.9 Å². The Morgan fingerprint density at radius 1 is 1.20 bits per heavy atom. The molecule has 0 spiro atoms. The third-order valence-electron chi connectivity index (χ3n) is 2.80. The van der Waals surface area contributed by atoms with Crippen molar-refractivity contribution in [2.24, 2.45) is 7.05 Å². The number of hydrogen-bond donors (Lipinski definition) is 1. The molecule has 112 valence electrons. The second-order valence-electron chi connectivity index (χ2n) is 4.31. The van der Waals surface area contributed by atoms with E-state index in [2.05, 4.69) is 10.4 Å². The first kappa shape index (κ1) is 16.6. The number of rotatable bonds is 5. The molecule has 20 heavy (non-hydrogen) atoms. The van der Waals surface area contributed by atoms with E-state index in [-0.39, 0.29) is 12.4 Å². The molecule has 2 aromatic heterocycles. The molecule has 0 aliphatic heterocycles. The van der Waals surface area contributed by atoms with Gasteiger partial charge in [0.25, 0.3) is 0 Å². The summed E-state index contributed by atoms with van der Waals surface area (Å²) < 4.78 is 39.9. The van der Waals surface area contributed by atoms with Crippen LogP contribution in [-0.2, 0) is 26.7 Å². The van der Waals surface area contributed by atoms with Crippen LogP contribution in [0.3, 0.4) is 0 Å². The SMILES string of the molecule is Cl.Cn1cccc1CNCc1ccnn1CC(F)(F)F. The second-order valence-corrected chi connectivity index (χ2v) is 4.31. The molecule has 0 aromatic carbocycles. The van der Waals surface area contributed by atoms with Crippen LogP contribution in [-0.4, -0.2) is 20.5 Å². The smallest absolute Gasteiger partial charge is 0.353 e. The monoisotopic (exact) mass is 308 g/mol. The van der Waals surface area contributed by atoms with E-state index in [0.717, 1.165) is 10.4 Å². The van der Waals surface area contributed by atoms with E-state index in [4.69, 9.17) is 0 Å². The molecule has 0 aliphatic carbocycles. The van der Waals surface area contributed by atoms with Crippen LogP contribution in [0.5, 0.6) is 0 Å². The Bertz CT molecular complexity index is 533. The highest BCUT2D eigenvalue weighted by Gasteiger charge is 2.29. The minimum Gasteiger partial charge on any atom is -0.353 e. The van der Waals surface area contributed by atoms with Gasteiger partial charge in [-0.05, 0) is 18.2 Å². The zero-order valence-electron chi connectivity index (χ0n) is 10.9. The molecule has 4 nitrogen and oxygen atoms in total. The largest absolute Gasteiger partial charge is 0.408 e. The Morgan fingerprint density at radius 2 is 1.90 bits per heavy atom. The molecule has 0 fully saturated rings. The number of aryl methyl sites for hydroxylation is 1. The van der Waals surface area contributed by atoms with Gasteiger partial charge in [-0.2, -0.15) is 18.3 Å². The summed E-state index contributed by atoms with van der Waals surface area (Å²) >= 11 is 0. The summed E-state index contributed by atoms with van der Waals surface area (Å²) in [6.07, 6.45) is -0.949.